The summed E-state index contributed by atoms with van der Waals surface area (Å²) in [6.07, 6.45) is 4.47. The summed E-state index contributed by atoms with van der Waals surface area (Å²) >= 11 is 3.20. The van der Waals surface area contributed by atoms with Gasteiger partial charge in [0.1, 0.15) is 23.9 Å². The number of carbonyl (C=O) groups is 9. The van der Waals surface area contributed by atoms with Crippen molar-refractivity contribution >= 4 is 75.5 Å². The number of fused-ring (bicyclic) bond motifs is 2. The monoisotopic (exact) mass is 1570 g/mol. The number of aryl methyl sites for hydroxylation is 7. The number of hydrogen-bond donors (Lipinski definition) is 3. The second kappa shape index (κ2) is 36.1. The van der Waals surface area contributed by atoms with Crippen LogP contribution in [0.1, 0.15) is 165 Å². The van der Waals surface area contributed by atoms with Gasteiger partial charge in [0.25, 0.3) is 11.8 Å². The Morgan fingerprint density at radius 1 is 0.513 bits per heavy atom. The fourth-order valence-corrected chi connectivity index (χ4v) is 18.6. The van der Waals surface area contributed by atoms with Crippen LogP contribution in [-0.2, 0) is 73.0 Å². The number of carbonyl (C=O) groups excluding carboxylic acids is 9. The molecule has 4 fully saturated rings. The molecule has 4 saturated heterocycles. The molecular formula is C88H103FN10O12S2. The SMILES string of the molecule is CC[C@H](C)[C@@H](C(=O)N1C[C@H](O)C[C@H]1C(=O)CCc1ccc(-c2scnc2C)cc1)N1Cc2ccc(F)cc2C1=O.Cc1ncn(C)c1-c1ccc(CCC(=O)[C@@H]2C[C@@H](O)CN2C(=O)[C@H](C(C)C)N2Cc3ccccc3C2=O)cc1.Cc1ncsc1-c1ccc(CCC(=O)[C@@H]2C[C@@H](O)CN2C(=O)[C@H](C(C)C)N2CCCC2=O)cc1. The van der Waals surface area contributed by atoms with E-state index in [1.807, 2.05) is 164 Å². The molecule has 3 N–H and O–H groups in total. The lowest BCUT2D eigenvalue weighted by Crippen LogP contribution is -2.54. The first-order valence-corrected chi connectivity index (χ1v) is 41.2. The molecular weight excluding hydrogens is 1470 g/mol. The van der Waals surface area contributed by atoms with Gasteiger partial charge in [0.2, 0.25) is 23.6 Å². The number of nitrogens with zero attached hydrogens (tertiary/aromatic N) is 10. The number of Topliss-reactive ketones (excluding diaryl/α,β-unsaturated/α-hetero) is 3. The molecule has 0 bridgehead atoms. The molecule has 22 nitrogen and oxygen atoms in total. The van der Waals surface area contributed by atoms with Crippen LogP contribution < -0.4 is 0 Å². The number of β-amino-alcohol motifs (C(OH)–C–C–N with tert-alkyl or cyclic N) is 3. The van der Waals surface area contributed by atoms with Gasteiger partial charge in [-0.3, -0.25) is 43.2 Å². The van der Waals surface area contributed by atoms with Crippen LogP contribution in [0.4, 0.5) is 4.39 Å². The molecule has 25 heteroatoms. The Morgan fingerprint density at radius 3 is 1.33 bits per heavy atom. The van der Waals surface area contributed by atoms with E-state index in [9.17, 15) is 62.9 Å². The lowest BCUT2D eigenvalue weighted by Gasteiger charge is -2.36. The summed E-state index contributed by atoms with van der Waals surface area (Å²) in [4.78, 5) is 145. The highest BCUT2D eigenvalue weighted by Crippen LogP contribution is 2.37. The van der Waals surface area contributed by atoms with E-state index in [-0.39, 0.29) is 134 Å². The highest BCUT2D eigenvalue weighted by Gasteiger charge is 2.49. The second-order valence-electron chi connectivity index (χ2n) is 31.7. The molecule has 10 atom stereocenters. The largest absolute Gasteiger partial charge is 0.391 e. The second-order valence-corrected chi connectivity index (χ2v) is 33.4. The first-order valence-electron chi connectivity index (χ1n) is 39.5. The van der Waals surface area contributed by atoms with Crippen molar-refractivity contribution in [2.45, 2.75) is 207 Å². The molecule has 0 unspecified atom stereocenters. The van der Waals surface area contributed by atoms with E-state index in [2.05, 4.69) is 27.1 Å². The number of aliphatic hydroxyl groups excluding tert-OH is 3. The lowest BCUT2D eigenvalue weighted by molar-refractivity contribution is -0.148. The molecule has 3 aromatic heterocycles. The summed E-state index contributed by atoms with van der Waals surface area (Å²) in [5, 5.41) is 31.3. The Balaban J connectivity index is 0.000000158. The standard InChI is InChI=1S/C31H34FN3O4S.C31H36N4O4.C26H33N3O4S/c1-4-18(2)28(35-15-22-10-11-23(32)13-25(22)30(35)38)31(39)34-16-24(36)14-26(34)27(37)12-7-20-5-8-21(9-6-20)29-19(3)33-17-40-29;1-19(2)28(35-16-23-7-5-6-8-25(23)30(35)38)31(39)34-17-24(36)15-26(34)27(37)14-11-21-9-12-22(13-10-21)29-20(3)32-18-33(29)4;1-16(2)24(28-12-4-5-23(28)32)26(33)29-14-20(30)13-21(29)22(31)11-8-18-6-9-19(10-7-18)25-17(3)27-15-34-25/h5-6,8-11,13,17-18,24,26,28,36H,4,7,12,14-16H2,1-3H3;5-10,12-13,18-19,24,26,28,36H,11,14-17H2,1-4H3;6-7,9-10,15-16,20-21,24,30H,4-5,8,11-14H2,1-3H3/t18-,24+,26-,28-;24-,26+,28+;20-,21+,24+/m011/s1. The smallest absolute Gasteiger partial charge is 0.255 e. The number of benzene rings is 5. The van der Waals surface area contributed by atoms with Gasteiger partial charge in [0.05, 0.1) is 86.3 Å². The van der Waals surface area contributed by atoms with Crippen LogP contribution in [0.25, 0.3) is 32.1 Å². The van der Waals surface area contributed by atoms with Gasteiger partial charge in [0, 0.05) is 108 Å². The van der Waals surface area contributed by atoms with Crippen molar-refractivity contribution in [2.75, 3.05) is 26.2 Å². The number of ketones is 3. The van der Waals surface area contributed by atoms with E-state index in [1.165, 1.54) is 31.7 Å². The highest BCUT2D eigenvalue weighted by atomic mass is 32.1. The van der Waals surface area contributed by atoms with Crippen LogP contribution in [0.5, 0.6) is 0 Å². The zero-order valence-corrected chi connectivity index (χ0v) is 67.7. The lowest BCUT2D eigenvalue weighted by atomic mass is 9.95. The maximum Gasteiger partial charge on any atom is 0.255 e. The molecule has 6 amide bonds. The van der Waals surface area contributed by atoms with Crippen LogP contribution in [0.3, 0.4) is 0 Å². The van der Waals surface area contributed by atoms with Crippen molar-refractivity contribution < 1.29 is 62.9 Å². The topological polar surface area (TPSA) is 277 Å². The number of hydrogen-bond acceptors (Lipinski definition) is 17. The zero-order chi connectivity index (χ0) is 80.8. The molecule has 0 aliphatic carbocycles. The van der Waals surface area contributed by atoms with Crippen molar-refractivity contribution in [1.82, 2.24) is 48.9 Å². The van der Waals surface area contributed by atoms with Gasteiger partial charge in [-0.05, 0) is 121 Å². The average molecular weight is 1580 g/mol. The van der Waals surface area contributed by atoms with Crippen LogP contribution in [0.2, 0.25) is 0 Å². The molecule has 6 aliphatic rings. The first kappa shape index (κ1) is 82.7. The molecule has 8 aromatic rings. The van der Waals surface area contributed by atoms with Gasteiger partial charge in [-0.1, -0.05) is 145 Å². The molecule has 14 rings (SSSR count). The van der Waals surface area contributed by atoms with Gasteiger partial charge < -0.3 is 49.3 Å². The Kier molecular flexibility index (Phi) is 26.4. The van der Waals surface area contributed by atoms with E-state index >= 15 is 0 Å². The van der Waals surface area contributed by atoms with Gasteiger partial charge in [-0.2, -0.15) is 0 Å². The number of rotatable bonds is 25. The Labute approximate surface area is 668 Å². The summed E-state index contributed by atoms with van der Waals surface area (Å²) in [5.74, 6) is -2.48. The molecule has 113 heavy (non-hydrogen) atoms. The third kappa shape index (κ3) is 18.4. The minimum atomic E-state index is -0.809. The summed E-state index contributed by atoms with van der Waals surface area (Å²) in [6.45, 7) is 18.9. The van der Waals surface area contributed by atoms with E-state index < -0.39 is 60.4 Å². The van der Waals surface area contributed by atoms with Crippen LogP contribution in [0, 0.1) is 44.3 Å². The Hall–Kier alpha value is -9.79. The van der Waals surface area contributed by atoms with Crippen molar-refractivity contribution in [2.24, 2.45) is 24.8 Å². The minimum Gasteiger partial charge on any atom is -0.391 e. The molecule has 9 heterocycles. The third-order valence-corrected chi connectivity index (χ3v) is 25.1. The van der Waals surface area contributed by atoms with Crippen molar-refractivity contribution in [3.8, 4) is 32.1 Å². The third-order valence-electron chi connectivity index (χ3n) is 23.1. The van der Waals surface area contributed by atoms with Crippen LogP contribution in [0.15, 0.2) is 133 Å². The minimum absolute atomic E-state index is 0.00774. The predicted molar refractivity (Wildman–Crippen MR) is 430 cm³/mol. The number of thiazole rings is 2. The van der Waals surface area contributed by atoms with Gasteiger partial charge in [0.15, 0.2) is 17.3 Å². The van der Waals surface area contributed by atoms with Gasteiger partial charge >= 0.3 is 0 Å². The number of likely N-dealkylation sites (tertiary alicyclic amines) is 4. The first-order chi connectivity index (χ1) is 54.1. The molecule has 5 aromatic carbocycles. The molecule has 0 spiro atoms. The van der Waals surface area contributed by atoms with Crippen molar-refractivity contribution in [3.63, 3.8) is 0 Å². The number of imidazole rings is 1. The van der Waals surface area contributed by atoms with E-state index in [0.717, 1.165) is 77.9 Å². The fraction of sp³-hybridized carbons (Fsp3) is 0.455. The highest BCUT2D eigenvalue weighted by molar-refractivity contribution is 7.13. The maximum atomic E-state index is 14.0. The van der Waals surface area contributed by atoms with Crippen molar-refractivity contribution in [1.29, 1.82) is 0 Å². The zero-order valence-electron chi connectivity index (χ0n) is 66.0. The summed E-state index contributed by atoms with van der Waals surface area (Å²) in [5.41, 5.74) is 16.5. The quantitative estimate of drug-likeness (QED) is 0.0480. The van der Waals surface area contributed by atoms with Gasteiger partial charge in [-0.25, -0.2) is 19.3 Å². The molecule has 0 saturated carbocycles. The molecule has 0 radical (unpaired) electrons. The van der Waals surface area contributed by atoms with Crippen LogP contribution >= 0.6 is 22.7 Å². The van der Waals surface area contributed by atoms with Gasteiger partial charge in [-0.15, -0.1) is 22.7 Å². The molecule has 596 valence electrons. The summed E-state index contributed by atoms with van der Waals surface area (Å²) in [6, 6.07) is 31.7. The number of amides is 6. The van der Waals surface area contributed by atoms with E-state index in [4.69, 9.17) is 0 Å². The average Bonchev–Trinajstić information content (AvgIpc) is 1.65. The normalized spacial score (nSPS) is 20.3. The van der Waals surface area contributed by atoms with Crippen LogP contribution in [-0.4, -0.2) is 198 Å². The van der Waals surface area contributed by atoms with Crippen molar-refractivity contribution in [3.05, 3.63) is 194 Å². The number of aromatic nitrogens is 4. The van der Waals surface area contributed by atoms with E-state index in [0.29, 0.717) is 62.7 Å². The number of aliphatic hydroxyl groups is 3. The summed E-state index contributed by atoms with van der Waals surface area (Å²) in [7, 11) is 1.97. The Morgan fingerprint density at radius 2 is 0.929 bits per heavy atom. The fourth-order valence-electron chi connectivity index (χ4n) is 16.9. The maximum absolute atomic E-state index is 14.0. The Bertz CT molecular complexity index is 4790. The predicted octanol–water partition coefficient (Wildman–Crippen LogP) is 11.6. The van der Waals surface area contributed by atoms with E-state index in [1.54, 1.807) is 50.9 Å². The number of halogens is 1. The summed E-state index contributed by atoms with van der Waals surface area (Å²) < 4.78 is 15.8. The molecule has 6 aliphatic heterocycles.